The molecule has 3 aromatic heterocycles. The summed E-state index contributed by atoms with van der Waals surface area (Å²) in [6.07, 6.45) is 0. The molecule has 0 saturated carbocycles. The van der Waals surface area contributed by atoms with Gasteiger partial charge >= 0.3 is 0 Å². The number of hydrogen-bond acceptors (Lipinski definition) is 2. The molecule has 0 bridgehead atoms. The Morgan fingerprint density at radius 1 is 0.269 bits per heavy atom. The molecule has 5 heteroatoms. The lowest BCUT2D eigenvalue weighted by Crippen LogP contribution is -1.98. The van der Waals surface area contributed by atoms with Crippen LogP contribution in [0.15, 0.2) is 237 Å². The van der Waals surface area contributed by atoms with Crippen LogP contribution < -0.4 is 0 Å². The number of nitrogens with zero attached hydrogens (tertiary/aromatic N) is 5. The topological polar surface area (TPSA) is 40.6 Å². The molecule has 312 valence electrons. The van der Waals surface area contributed by atoms with E-state index in [1.807, 2.05) is 0 Å². The van der Waals surface area contributed by atoms with Gasteiger partial charge < -0.3 is 4.57 Å². The molecule has 10 aromatic carbocycles. The third-order valence-corrected chi connectivity index (χ3v) is 13.6. The number of hydrogen-bond donors (Lipinski definition) is 0. The van der Waals surface area contributed by atoms with E-state index < -0.39 is 0 Å². The lowest BCUT2D eigenvalue weighted by Gasteiger charge is -2.16. The van der Waals surface area contributed by atoms with Crippen molar-refractivity contribution in [2.75, 3.05) is 0 Å². The number of rotatable bonds is 6. The quantitative estimate of drug-likeness (QED) is 0.167. The molecule has 0 spiro atoms. The predicted molar refractivity (Wildman–Crippen MR) is 276 cm³/mol. The molecular weight excluding hydrogens is 815 g/mol. The van der Waals surface area contributed by atoms with Gasteiger partial charge in [0.15, 0.2) is 0 Å². The first-order chi connectivity index (χ1) is 33.2. The molecule has 0 atom stereocenters. The van der Waals surface area contributed by atoms with Crippen molar-refractivity contribution >= 4 is 43.9 Å². The SMILES string of the molecule is c1ccc(-c2nc3ccccc3n2-c2cccc(-c3ccc4c(c3)-c3ccccc3-c3cc(-c5cccc(-n6c(-c7ccccc7)nc7ccccc76)c5)cc5c6ccccc6n-4c35)c2)cc1. The summed E-state index contributed by atoms with van der Waals surface area (Å²) in [6, 6.07) is 85.3. The van der Waals surface area contributed by atoms with Crippen molar-refractivity contribution in [2.24, 2.45) is 0 Å². The number of para-hydroxylation sites is 5. The molecular formula is C62H39N5. The van der Waals surface area contributed by atoms with Gasteiger partial charge in [-0.2, -0.15) is 0 Å². The lowest BCUT2D eigenvalue weighted by molar-refractivity contribution is 1.10. The van der Waals surface area contributed by atoms with Gasteiger partial charge in [0, 0.05) is 44.4 Å². The molecule has 1 aliphatic heterocycles. The van der Waals surface area contributed by atoms with Crippen molar-refractivity contribution in [3.63, 3.8) is 0 Å². The molecule has 0 aliphatic carbocycles. The van der Waals surface area contributed by atoms with Gasteiger partial charge in [-0.05, 0) is 112 Å². The molecule has 0 amide bonds. The molecule has 13 aromatic rings. The van der Waals surface area contributed by atoms with Gasteiger partial charge in [-0.15, -0.1) is 0 Å². The summed E-state index contributed by atoms with van der Waals surface area (Å²) >= 11 is 0. The molecule has 0 fully saturated rings. The van der Waals surface area contributed by atoms with Crippen LogP contribution in [0.3, 0.4) is 0 Å². The molecule has 0 N–H and O–H groups in total. The molecule has 5 nitrogen and oxygen atoms in total. The van der Waals surface area contributed by atoms with E-state index in [-0.39, 0.29) is 0 Å². The Kier molecular flexibility index (Phi) is 8.21. The minimum Gasteiger partial charge on any atom is -0.308 e. The minimum atomic E-state index is 0.925. The van der Waals surface area contributed by atoms with Crippen molar-refractivity contribution in [1.82, 2.24) is 23.7 Å². The van der Waals surface area contributed by atoms with Crippen LogP contribution in [-0.4, -0.2) is 23.7 Å². The zero-order chi connectivity index (χ0) is 44.0. The van der Waals surface area contributed by atoms with E-state index in [0.717, 1.165) is 78.5 Å². The number of imidazole rings is 2. The maximum absolute atomic E-state index is 5.15. The van der Waals surface area contributed by atoms with E-state index in [4.69, 9.17) is 9.97 Å². The Balaban J connectivity index is 0.945. The standard InChI is InChI=1S/C62H39N5/c1-3-17-40(18-4-1)61-63-54-28-10-13-31-58(54)65(61)46-23-15-21-42(35-46)44-33-34-57-51(37-44)48-25-7-8-26-49(48)52-38-45(39-53-50-27-9-12-30-56(50)67(57)60(52)53)43-22-16-24-47(36-43)66-59-32-14-11-29-55(59)64-62(66)41-19-5-2-6-20-41/h1-39H. The van der Waals surface area contributed by atoms with E-state index in [1.54, 1.807) is 0 Å². The zero-order valence-corrected chi connectivity index (χ0v) is 36.3. The highest BCUT2D eigenvalue weighted by atomic mass is 15.1. The summed E-state index contributed by atoms with van der Waals surface area (Å²) < 4.78 is 7.09. The van der Waals surface area contributed by atoms with Crippen molar-refractivity contribution in [3.05, 3.63) is 237 Å². The van der Waals surface area contributed by atoms with Crippen molar-refractivity contribution < 1.29 is 0 Å². The van der Waals surface area contributed by atoms with Crippen molar-refractivity contribution in [1.29, 1.82) is 0 Å². The van der Waals surface area contributed by atoms with Gasteiger partial charge in [0.05, 0.1) is 38.8 Å². The van der Waals surface area contributed by atoms with Crippen LogP contribution in [0.4, 0.5) is 0 Å². The zero-order valence-electron chi connectivity index (χ0n) is 36.3. The van der Waals surface area contributed by atoms with Gasteiger partial charge in [-0.1, -0.05) is 158 Å². The Labute approximate surface area is 386 Å². The average Bonchev–Trinajstić information content (AvgIpc) is 4.07. The third kappa shape index (κ3) is 5.81. The van der Waals surface area contributed by atoms with Gasteiger partial charge in [-0.3, -0.25) is 9.13 Å². The second-order valence-corrected chi connectivity index (χ2v) is 17.4. The van der Waals surface area contributed by atoms with E-state index >= 15 is 0 Å². The van der Waals surface area contributed by atoms with E-state index in [1.165, 1.54) is 49.7 Å². The molecule has 1 aliphatic rings. The van der Waals surface area contributed by atoms with Crippen LogP contribution in [0.5, 0.6) is 0 Å². The summed E-state index contributed by atoms with van der Waals surface area (Å²) in [4.78, 5) is 10.3. The minimum absolute atomic E-state index is 0.925. The fourth-order valence-corrected chi connectivity index (χ4v) is 10.6. The van der Waals surface area contributed by atoms with Gasteiger partial charge in [0.25, 0.3) is 0 Å². The Bertz CT molecular complexity index is 4100. The first kappa shape index (κ1) is 37.3. The Hall–Kier alpha value is -9.06. The molecule has 0 radical (unpaired) electrons. The van der Waals surface area contributed by atoms with E-state index in [9.17, 15) is 0 Å². The smallest absolute Gasteiger partial charge is 0.145 e. The van der Waals surface area contributed by atoms with Crippen LogP contribution >= 0.6 is 0 Å². The number of benzene rings is 10. The second-order valence-electron chi connectivity index (χ2n) is 17.4. The normalized spacial score (nSPS) is 11.9. The van der Waals surface area contributed by atoms with Crippen LogP contribution in [0, 0.1) is 0 Å². The predicted octanol–water partition coefficient (Wildman–Crippen LogP) is 15.8. The fourth-order valence-electron chi connectivity index (χ4n) is 10.6. The Morgan fingerprint density at radius 2 is 0.746 bits per heavy atom. The molecule has 0 unspecified atom stereocenters. The number of aromatic nitrogens is 5. The summed E-state index contributed by atoms with van der Waals surface area (Å²) in [5, 5.41) is 2.46. The van der Waals surface area contributed by atoms with Crippen LogP contribution in [0.2, 0.25) is 0 Å². The molecule has 0 saturated heterocycles. The highest BCUT2D eigenvalue weighted by molar-refractivity contribution is 6.18. The monoisotopic (exact) mass is 853 g/mol. The van der Waals surface area contributed by atoms with Gasteiger partial charge in [-0.25, -0.2) is 9.97 Å². The average molecular weight is 854 g/mol. The second kappa shape index (κ2) is 14.7. The van der Waals surface area contributed by atoms with Crippen molar-refractivity contribution in [2.45, 2.75) is 0 Å². The largest absolute Gasteiger partial charge is 0.308 e. The highest BCUT2D eigenvalue weighted by Crippen LogP contribution is 2.49. The number of fused-ring (bicyclic) bond motifs is 10. The van der Waals surface area contributed by atoms with Gasteiger partial charge in [0.2, 0.25) is 0 Å². The molecule has 67 heavy (non-hydrogen) atoms. The van der Waals surface area contributed by atoms with E-state index in [2.05, 4.69) is 250 Å². The summed E-state index contributed by atoms with van der Waals surface area (Å²) in [7, 11) is 0. The van der Waals surface area contributed by atoms with E-state index in [0.29, 0.717) is 0 Å². The Morgan fingerprint density at radius 3 is 1.37 bits per heavy atom. The first-order valence-electron chi connectivity index (χ1n) is 22.8. The fraction of sp³-hybridized carbons (Fsp3) is 0. The van der Waals surface area contributed by atoms with Gasteiger partial charge in [0.1, 0.15) is 11.6 Å². The van der Waals surface area contributed by atoms with Crippen LogP contribution in [0.1, 0.15) is 0 Å². The maximum atomic E-state index is 5.15. The van der Waals surface area contributed by atoms with Crippen LogP contribution in [-0.2, 0) is 0 Å². The van der Waals surface area contributed by atoms with Crippen molar-refractivity contribution in [3.8, 4) is 84.3 Å². The summed E-state index contributed by atoms with van der Waals surface area (Å²) in [5.41, 5.74) is 21.4. The molecule has 4 heterocycles. The lowest BCUT2D eigenvalue weighted by atomic mass is 9.90. The molecule has 14 rings (SSSR count). The summed E-state index contributed by atoms with van der Waals surface area (Å²) in [6.45, 7) is 0. The first-order valence-corrected chi connectivity index (χ1v) is 22.8. The van der Waals surface area contributed by atoms with Crippen LogP contribution in [0.25, 0.3) is 128 Å². The maximum Gasteiger partial charge on any atom is 0.145 e. The third-order valence-electron chi connectivity index (χ3n) is 13.6. The highest BCUT2D eigenvalue weighted by Gasteiger charge is 2.26. The summed E-state index contributed by atoms with van der Waals surface area (Å²) in [5.74, 6) is 1.85.